The van der Waals surface area contributed by atoms with Gasteiger partial charge in [-0.25, -0.2) is 15.0 Å². The van der Waals surface area contributed by atoms with Crippen molar-refractivity contribution in [3.63, 3.8) is 0 Å². The first-order chi connectivity index (χ1) is 31.2. The number of allylic oxidation sites excluding steroid dienone is 4. The summed E-state index contributed by atoms with van der Waals surface area (Å²) in [5, 5.41) is 4.59. The summed E-state index contributed by atoms with van der Waals surface area (Å²) in [7, 11) is 0. The number of nitrogens with zero attached hydrogens (tertiary/aromatic N) is 4. The molecule has 5 heteroatoms. The molecule has 3 aliphatic rings. The molecular weight excluding hydrogens is 769 g/mol. The van der Waals surface area contributed by atoms with Gasteiger partial charge in [0.2, 0.25) is 0 Å². The summed E-state index contributed by atoms with van der Waals surface area (Å²) in [4.78, 5) is 15.5. The summed E-state index contributed by atoms with van der Waals surface area (Å²) in [6.07, 6.45) is 9.38. The lowest BCUT2D eigenvalue weighted by Crippen LogP contribution is -2.25. The van der Waals surface area contributed by atoms with Crippen molar-refractivity contribution in [2.75, 3.05) is 0 Å². The number of hydrogen-bond acceptors (Lipinski definition) is 4. The van der Waals surface area contributed by atoms with Crippen LogP contribution in [0.3, 0.4) is 0 Å². The Labute approximate surface area is 363 Å². The van der Waals surface area contributed by atoms with Gasteiger partial charge in [-0.3, -0.25) is 0 Å². The molecule has 0 saturated carbocycles. The Morgan fingerprint density at radius 1 is 0.492 bits per heavy atom. The SMILES string of the molecule is C1=CCC(c2nc(-c3ccc(-n4c5ccccc5c5ccc6c(c54)-c4ccccc4C64c5ccccc5-c5ccccc54)cc3)nc(-c3ccc4oc5ccccc5c4c3)n2)C=C1. The van der Waals surface area contributed by atoms with Crippen LogP contribution in [0.25, 0.3) is 94.5 Å². The number of fused-ring (bicyclic) bond motifs is 17. The third-order valence-corrected chi connectivity index (χ3v) is 13.8. The topological polar surface area (TPSA) is 56.7 Å². The van der Waals surface area contributed by atoms with E-state index in [2.05, 4.69) is 181 Å². The Morgan fingerprint density at radius 3 is 1.89 bits per heavy atom. The van der Waals surface area contributed by atoms with Gasteiger partial charge in [0.1, 0.15) is 17.0 Å². The summed E-state index contributed by atoms with van der Waals surface area (Å²) in [6.45, 7) is 0. The van der Waals surface area contributed by atoms with Crippen LogP contribution >= 0.6 is 0 Å². The van der Waals surface area contributed by atoms with Crippen molar-refractivity contribution in [2.45, 2.75) is 17.8 Å². The maximum atomic E-state index is 6.17. The van der Waals surface area contributed by atoms with Crippen LogP contribution in [0.5, 0.6) is 0 Å². The first kappa shape index (κ1) is 34.6. The highest BCUT2D eigenvalue weighted by Gasteiger charge is 2.52. The van der Waals surface area contributed by atoms with Gasteiger partial charge in [-0.2, -0.15) is 0 Å². The summed E-state index contributed by atoms with van der Waals surface area (Å²) in [5.41, 5.74) is 17.2. The average Bonchev–Trinajstić information content (AvgIpc) is 4.08. The fourth-order valence-corrected chi connectivity index (χ4v) is 11.1. The fourth-order valence-electron chi connectivity index (χ4n) is 11.1. The van der Waals surface area contributed by atoms with E-state index in [-0.39, 0.29) is 5.92 Å². The van der Waals surface area contributed by atoms with Gasteiger partial charge in [0.15, 0.2) is 11.6 Å². The van der Waals surface area contributed by atoms with E-state index >= 15 is 0 Å². The van der Waals surface area contributed by atoms with Gasteiger partial charge in [0.05, 0.1) is 16.4 Å². The number of furan rings is 1. The molecular formula is C58H36N4O. The van der Waals surface area contributed by atoms with E-state index in [4.69, 9.17) is 19.4 Å². The number of aromatic nitrogens is 4. The van der Waals surface area contributed by atoms with Crippen LogP contribution in [-0.2, 0) is 5.41 Å². The molecule has 0 radical (unpaired) electrons. The minimum absolute atomic E-state index is 0.0536. The number of rotatable bonds is 4. The van der Waals surface area contributed by atoms with Crippen molar-refractivity contribution in [3.05, 3.63) is 228 Å². The van der Waals surface area contributed by atoms with Crippen molar-refractivity contribution in [1.82, 2.24) is 19.5 Å². The first-order valence-electron chi connectivity index (χ1n) is 21.7. The molecule has 294 valence electrons. The number of para-hydroxylation sites is 2. The second kappa shape index (κ2) is 12.9. The van der Waals surface area contributed by atoms with Gasteiger partial charge in [0.25, 0.3) is 0 Å². The van der Waals surface area contributed by atoms with Crippen molar-refractivity contribution in [1.29, 1.82) is 0 Å². The largest absolute Gasteiger partial charge is 0.456 e. The van der Waals surface area contributed by atoms with Gasteiger partial charge in [-0.1, -0.05) is 146 Å². The van der Waals surface area contributed by atoms with Crippen LogP contribution in [-0.4, -0.2) is 19.5 Å². The molecule has 1 unspecified atom stereocenters. The lowest BCUT2D eigenvalue weighted by atomic mass is 9.70. The van der Waals surface area contributed by atoms with Gasteiger partial charge in [0, 0.05) is 49.8 Å². The first-order valence-corrected chi connectivity index (χ1v) is 21.7. The molecule has 0 bridgehead atoms. The van der Waals surface area contributed by atoms with E-state index in [1.165, 1.54) is 66.3 Å². The molecule has 8 aromatic carbocycles. The molecule has 3 aliphatic carbocycles. The summed E-state index contributed by atoms with van der Waals surface area (Å²) < 4.78 is 8.65. The molecule has 0 amide bonds. The molecule has 0 aliphatic heterocycles. The van der Waals surface area contributed by atoms with Crippen LogP contribution in [0, 0.1) is 0 Å². The molecule has 14 rings (SSSR count). The monoisotopic (exact) mass is 804 g/mol. The summed E-state index contributed by atoms with van der Waals surface area (Å²) >= 11 is 0. The van der Waals surface area contributed by atoms with E-state index in [0.717, 1.165) is 51.0 Å². The van der Waals surface area contributed by atoms with Crippen molar-refractivity contribution < 1.29 is 4.42 Å². The normalized spacial score (nSPS) is 15.4. The predicted molar refractivity (Wildman–Crippen MR) is 254 cm³/mol. The number of benzene rings is 8. The molecule has 0 N–H and O–H groups in total. The Morgan fingerprint density at radius 2 is 1.13 bits per heavy atom. The van der Waals surface area contributed by atoms with Crippen LogP contribution in [0.2, 0.25) is 0 Å². The van der Waals surface area contributed by atoms with Crippen LogP contribution < -0.4 is 0 Å². The van der Waals surface area contributed by atoms with Gasteiger partial charge in [-0.15, -0.1) is 0 Å². The lowest BCUT2D eigenvalue weighted by Gasteiger charge is -2.30. The molecule has 63 heavy (non-hydrogen) atoms. The fraction of sp³-hybridized carbons (Fsp3) is 0.0517. The van der Waals surface area contributed by atoms with Crippen molar-refractivity contribution >= 4 is 43.7 Å². The van der Waals surface area contributed by atoms with Crippen molar-refractivity contribution in [3.8, 4) is 50.7 Å². The highest BCUT2D eigenvalue weighted by molar-refractivity contribution is 6.16. The van der Waals surface area contributed by atoms with E-state index in [0.29, 0.717) is 11.6 Å². The molecule has 3 heterocycles. The highest BCUT2D eigenvalue weighted by Crippen LogP contribution is 2.64. The molecule has 1 atom stereocenters. The third-order valence-electron chi connectivity index (χ3n) is 13.8. The van der Waals surface area contributed by atoms with Gasteiger partial charge >= 0.3 is 0 Å². The second-order valence-electron chi connectivity index (χ2n) is 17.0. The van der Waals surface area contributed by atoms with E-state index < -0.39 is 5.41 Å². The highest BCUT2D eigenvalue weighted by atomic mass is 16.3. The van der Waals surface area contributed by atoms with E-state index in [1.807, 2.05) is 24.3 Å². The Kier molecular flexibility index (Phi) is 7.09. The maximum absolute atomic E-state index is 6.17. The Balaban J connectivity index is 0.963. The second-order valence-corrected chi connectivity index (χ2v) is 17.0. The third kappa shape index (κ3) is 4.74. The van der Waals surface area contributed by atoms with Gasteiger partial charge < -0.3 is 8.98 Å². The molecule has 0 saturated heterocycles. The minimum atomic E-state index is -0.425. The zero-order chi connectivity index (χ0) is 41.2. The average molecular weight is 805 g/mol. The zero-order valence-electron chi connectivity index (χ0n) is 34.0. The van der Waals surface area contributed by atoms with Crippen LogP contribution in [0.1, 0.15) is 40.4 Å². The quantitative estimate of drug-likeness (QED) is 0.178. The smallest absolute Gasteiger partial charge is 0.163 e. The molecule has 1 spiro atoms. The van der Waals surface area contributed by atoms with Crippen LogP contribution in [0.15, 0.2) is 205 Å². The summed E-state index contributed by atoms with van der Waals surface area (Å²) in [5.74, 6) is 2.12. The van der Waals surface area contributed by atoms with E-state index in [1.54, 1.807) is 0 Å². The Bertz CT molecular complexity index is 3750. The molecule has 3 aromatic heterocycles. The summed E-state index contributed by atoms with van der Waals surface area (Å²) in [6, 6.07) is 63.9. The van der Waals surface area contributed by atoms with E-state index in [9.17, 15) is 0 Å². The number of hydrogen-bond donors (Lipinski definition) is 0. The van der Waals surface area contributed by atoms with Crippen LogP contribution in [0.4, 0.5) is 0 Å². The lowest BCUT2D eigenvalue weighted by molar-refractivity contribution is 0.669. The van der Waals surface area contributed by atoms with Gasteiger partial charge in [-0.05, 0) is 100.0 Å². The zero-order valence-corrected chi connectivity index (χ0v) is 34.0. The molecule has 11 aromatic rings. The van der Waals surface area contributed by atoms with Crippen molar-refractivity contribution in [2.24, 2.45) is 0 Å². The predicted octanol–water partition coefficient (Wildman–Crippen LogP) is 14.1. The molecule has 0 fully saturated rings. The minimum Gasteiger partial charge on any atom is -0.456 e. The molecule has 5 nitrogen and oxygen atoms in total. The maximum Gasteiger partial charge on any atom is 0.163 e. The standard InChI is InChI=1S/C58H36N4O/c1-2-14-35(15-3-1)55-59-56(61-57(60-55)37-28-33-52-45(34-37)42-19-8-13-25-51(42)63-52)36-26-29-38(30-27-36)62-50-24-12-7-18-41(50)43-31-32-49-53(54(43)62)44-20-6-11-23-48(44)58(49)46-21-9-4-16-39(46)40-17-5-10-22-47(40)58/h1-14,16-35H,15H2. The Hall–Kier alpha value is -8.15.